The molecular weight excluding hydrogens is 318 g/mol. The second-order valence-corrected chi connectivity index (χ2v) is 5.25. The molecule has 0 spiro atoms. The number of nitrogens with zero attached hydrogens (tertiary/aromatic N) is 1. The summed E-state index contributed by atoms with van der Waals surface area (Å²) in [5.74, 6) is -4.67. The zero-order valence-electron chi connectivity index (χ0n) is 12.2. The number of ether oxygens (including phenoxy) is 1. The van der Waals surface area contributed by atoms with Crippen LogP contribution in [0.3, 0.4) is 0 Å². The van der Waals surface area contributed by atoms with Crippen LogP contribution in [0.25, 0.3) is 0 Å². The topological polar surface area (TPSA) is 63.2 Å². The smallest absolute Gasteiger partial charge is 0.340 e. The number of amides is 1. The van der Waals surface area contributed by atoms with Crippen molar-refractivity contribution in [3.8, 4) is 5.88 Å². The minimum Gasteiger partial charge on any atom is -0.471 e. The fourth-order valence-electron chi connectivity index (χ4n) is 2.10. The Bertz CT molecular complexity index is 519. The average Bonchev–Trinajstić information content (AvgIpc) is 2.55. The molecule has 0 atom stereocenters. The van der Waals surface area contributed by atoms with Crippen LogP contribution in [0.4, 0.5) is 23.2 Å². The van der Waals surface area contributed by atoms with Crippen molar-refractivity contribution >= 4 is 11.6 Å². The van der Waals surface area contributed by atoms with Gasteiger partial charge in [-0.05, 0) is 32.0 Å². The van der Waals surface area contributed by atoms with Crippen LogP contribution in [-0.4, -0.2) is 42.9 Å². The molecule has 1 aromatic rings. The molecule has 9 heteroatoms. The number of aromatic nitrogens is 1. The summed E-state index contributed by atoms with van der Waals surface area (Å²) in [5.41, 5.74) is 0.390. The van der Waals surface area contributed by atoms with E-state index in [-0.39, 0.29) is 17.7 Å². The van der Waals surface area contributed by atoms with Crippen LogP contribution in [0.5, 0.6) is 5.88 Å². The molecule has 0 bridgehead atoms. The lowest BCUT2D eigenvalue weighted by Gasteiger charge is -2.21. The number of pyridine rings is 1. The minimum absolute atomic E-state index is 0.0862. The first kappa shape index (κ1) is 17.5. The van der Waals surface area contributed by atoms with Crippen LogP contribution < -0.4 is 15.4 Å². The van der Waals surface area contributed by atoms with Crippen LogP contribution in [0.1, 0.15) is 12.8 Å². The Labute approximate surface area is 130 Å². The van der Waals surface area contributed by atoms with Gasteiger partial charge in [-0.15, -0.1) is 0 Å². The van der Waals surface area contributed by atoms with Crippen LogP contribution in [0, 0.1) is 5.92 Å². The van der Waals surface area contributed by atoms with Gasteiger partial charge in [-0.25, -0.2) is 13.8 Å². The Balaban J connectivity index is 1.85. The number of nitrogens with one attached hydrogen (secondary N) is 2. The number of anilines is 1. The summed E-state index contributed by atoms with van der Waals surface area (Å²) in [6.45, 7) is 0.0986. The van der Waals surface area contributed by atoms with E-state index in [9.17, 15) is 22.4 Å². The third-order valence-electron chi connectivity index (χ3n) is 3.45. The normalized spacial score (nSPS) is 16.4. The van der Waals surface area contributed by atoms with Gasteiger partial charge in [-0.2, -0.15) is 8.78 Å². The number of carbonyl (C=O) groups excluding carboxylic acids is 1. The summed E-state index contributed by atoms with van der Waals surface area (Å²) < 4.78 is 54.0. The van der Waals surface area contributed by atoms with Gasteiger partial charge in [-0.1, -0.05) is 0 Å². The van der Waals surface area contributed by atoms with Gasteiger partial charge in [0.05, 0.1) is 11.9 Å². The number of halogens is 4. The SMILES string of the molecule is O=C(Nc1ccc(OCC(F)(F)C(F)F)nc1)C1CCNCC1. The summed E-state index contributed by atoms with van der Waals surface area (Å²) in [4.78, 5) is 15.7. The summed E-state index contributed by atoms with van der Waals surface area (Å²) in [5, 5.41) is 5.83. The van der Waals surface area contributed by atoms with E-state index in [0.29, 0.717) is 5.69 Å². The molecule has 1 fully saturated rings. The predicted octanol–water partition coefficient (Wildman–Crippen LogP) is 2.30. The van der Waals surface area contributed by atoms with Crippen LogP contribution in [0.2, 0.25) is 0 Å². The Morgan fingerprint density at radius 3 is 2.65 bits per heavy atom. The van der Waals surface area contributed by atoms with Crippen molar-refractivity contribution in [1.29, 1.82) is 0 Å². The number of hydrogen-bond acceptors (Lipinski definition) is 4. The maximum Gasteiger partial charge on any atom is 0.340 e. The van der Waals surface area contributed by atoms with Gasteiger partial charge in [-0.3, -0.25) is 4.79 Å². The molecule has 5 nitrogen and oxygen atoms in total. The van der Waals surface area contributed by atoms with Crippen molar-refractivity contribution in [2.75, 3.05) is 25.0 Å². The first-order valence-electron chi connectivity index (χ1n) is 7.15. The third-order valence-corrected chi connectivity index (χ3v) is 3.45. The van der Waals surface area contributed by atoms with Crippen molar-refractivity contribution in [1.82, 2.24) is 10.3 Å². The predicted molar refractivity (Wildman–Crippen MR) is 74.9 cm³/mol. The fourth-order valence-corrected chi connectivity index (χ4v) is 2.10. The molecule has 1 saturated heterocycles. The molecule has 0 aromatic carbocycles. The van der Waals surface area contributed by atoms with E-state index >= 15 is 0 Å². The van der Waals surface area contributed by atoms with Crippen LogP contribution in [-0.2, 0) is 4.79 Å². The van der Waals surface area contributed by atoms with Gasteiger partial charge in [0.2, 0.25) is 11.8 Å². The van der Waals surface area contributed by atoms with Gasteiger partial charge >= 0.3 is 12.3 Å². The van der Waals surface area contributed by atoms with Gasteiger partial charge in [0, 0.05) is 12.0 Å². The van der Waals surface area contributed by atoms with E-state index in [4.69, 9.17) is 0 Å². The molecule has 0 unspecified atom stereocenters. The zero-order chi connectivity index (χ0) is 16.9. The summed E-state index contributed by atoms with van der Waals surface area (Å²) >= 11 is 0. The zero-order valence-corrected chi connectivity index (χ0v) is 12.2. The first-order valence-corrected chi connectivity index (χ1v) is 7.15. The molecule has 1 aliphatic rings. The highest BCUT2D eigenvalue weighted by molar-refractivity contribution is 5.92. The fraction of sp³-hybridized carbons (Fsp3) is 0.571. The molecule has 0 aliphatic carbocycles. The standard InChI is InChI=1S/C14H17F4N3O2/c15-13(16)14(17,18)8-23-11-2-1-10(7-20-11)21-12(22)9-3-5-19-6-4-9/h1-2,7,9,13,19H,3-6,8H2,(H,21,22). The summed E-state index contributed by atoms with van der Waals surface area (Å²) in [6.07, 6.45) is -1.09. The molecule has 2 heterocycles. The van der Waals surface area contributed by atoms with E-state index in [1.54, 1.807) is 0 Å². The van der Waals surface area contributed by atoms with Gasteiger partial charge < -0.3 is 15.4 Å². The quantitative estimate of drug-likeness (QED) is 0.783. The summed E-state index contributed by atoms with van der Waals surface area (Å²) in [6, 6.07) is 2.65. The van der Waals surface area contributed by atoms with E-state index in [2.05, 4.69) is 20.4 Å². The average molecular weight is 335 g/mol. The van der Waals surface area contributed by atoms with E-state index in [1.165, 1.54) is 18.3 Å². The maximum absolute atomic E-state index is 12.7. The molecular formula is C14H17F4N3O2. The largest absolute Gasteiger partial charge is 0.471 e. The number of rotatable bonds is 6. The second kappa shape index (κ2) is 7.58. The minimum atomic E-state index is -4.23. The Morgan fingerprint density at radius 2 is 2.09 bits per heavy atom. The molecule has 1 aromatic heterocycles. The monoisotopic (exact) mass is 335 g/mol. The lowest BCUT2D eigenvalue weighted by Crippen LogP contribution is -2.34. The van der Waals surface area contributed by atoms with Gasteiger partial charge in [0.25, 0.3) is 0 Å². The molecule has 128 valence electrons. The van der Waals surface area contributed by atoms with Gasteiger partial charge in [0.15, 0.2) is 6.61 Å². The third kappa shape index (κ3) is 5.05. The van der Waals surface area contributed by atoms with Crippen molar-refractivity contribution in [3.63, 3.8) is 0 Å². The van der Waals surface area contributed by atoms with E-state index in [1.807, 2.05) is 0 Å². The molecule has 1 amide bonds. The number of alkyl halides is 4. The maximum atomic E-state index is 12.7. The van der Waals surface area contributed by atoms with Crippen LogP contribution in [0.15, 0.2) is 18.3 Å². The van der Waals surface area contributed by atoms with E-state index < -0.39 is 19.0 Å². The van der Waals surface area contributed by atoms with Crippen LogP contribution >= 0.6 is 0 Å². The number of carbonyl (C=O) groups is 1. The lowest BCUT2D eigenvalue weighted by atomic mass is 9.97. The number of piperidine rings is 1. The molecule has 0 radical (unpaired) electrons. The molecule has 23 heavy (non-hydrogen) atoms. The summed E-state index contributed by atoms with van der Waals surface area (Å²) in [7, 11) is 0. The molecule has 0 saturated carbocycles. The van der Waals surface area contributed by atoms with Gasteiger partial charge in [0.1, 0.15) is 0 Å². The highest BCUT2D eigenvalue weighted by Crippen LogP contribution is 2.24. The van der Waals surface area contributed by atoms with Crippen molar-refractivity contribution < 1.29 is 27.1 Å². The second-order valence-electron chi connectivity index (χ2n) is 5.25. The van der Waals surface area contributed by atoms with Crippen molar-refractivity contribution in [3.05, 3.63) is 18.3 Å². The Hall–Kier alpha value is -1.90. The van der Waals surface area contributed by atoms with E-state index in [0.717, 1.165) is 25.9 Å². The first-order chi connectivity index (χ1) is 10.9. The van der Waals surface area contributed by atoms with Crippen molar-refractivity contribution in [2.24, 2.45) is 5.92 Å². The lowest BCUT2D eigenvalue weighted by molar-refractivity contribution is -0.148. The highest BCUT2D eigenvalue weighted by Gasteiger charge is 2.41. The Morgan fingerprint density at radius 1 is 1.39 bits per heavy atom. The van der Waals surface area contributed by atoms with Crippen molar-refractivity contribution in [2.45, 2.75) is 25.2 Å². The molecule has 2 N–H and O–H groups in total. The highest BCUT2D eigenvalue weighted by atomic mass is 19.3. The molecule has 1 aliphatic heterocycles. The Kier molecular flexibility index (Phi) is 5.75. The number of hydrogen-bond donors (Lipinski definition) is 2. The molecule has 2 rings (SSSR count).